The highest BCUT2D eigenvalue weighted by molar-refractivity contribution is 9.11. The van der Waals surface area contributed by atoms with Gasteiger partial charge >= 0.3 is 5.76 Å². The maximum absolute atomic E-state index is 11.7. The monoisotopic (exact) mass is 337 g/mol. The number of nitrogens with zero attached hydrogens (tertiary/aromatic N) is 3. The van der Waals surface area contributed by atoms with Gasteiger partial charge in [-0.25, -0.2) is 4.79 Å². The van der Waals surface area contributed by atoms with Crippen molar-refractivity contribution in [3.05, 3.63) is 55.7 Å². The predicted molar refractivity (Wildman–Crippen MR) is 75.1 cm³/mol. The van der Waals surface area contributed by atoms with Gasteiger partial charge in [-0.05, 0) is 45.1 Å². The van der Waals surface area contributed by atoms with Gasteiger partial charge in [0.2, 0.25) is 5.82 Å². The Balaban J connectivity index is 2.02. The summed E-state index contributed by atoms with van der Waals surface area (Å²) in [4.78, 5) is 15.9. The molecule has 0 aliphatic carbocycles. The summed E-state index contributed by atoms with van der Waals surface area (Å²) in [7, 11) is 0. The van der Waals surface area contributed by atoms with Gasteiger partial charge in [0.1, 0.15) is 5.69 Å². The van der Waals surface area contributed by atoms with Gasteiger partial charge in [0.15, 0.2) is 0 Å². The summed E-state index contributed by atoms with van der Waals surface area (Å²) >= 11 is 4.97. The van der Waals surface area contributed by atoms with Gasteiger partial charge in [0.05, 0.1) is 10.3 Å². The first-order valence-electron chi connectivity index (χ1n) is 5.45. The second-order valence-corrected chi connectivity index (χ2v) is 6.12. The number of pyridine rings is 1. The van der Waals surface area contributed by atoms with Crippen molar-refractivity contribution >= 4 is 27.3 Å². The molecule has 0 fully saturated rings. The molecule has 0 atom stereocenters. The van der Waals surface area contributed by atoms with E-state index in [4.69, 9.17) is 4.52 Å². The van der Waals surface area contributed by atoms with Crippen LogP contribution in [-0.4, -0.2) is 14.7 Å². The molecule has 96 valence electrons. The molecule has 0 aliphatic rings. The van der Waals surface area contributed by atoms with Crippen molar-refractivity contribution in [2.75, 3.05) is 0 Å². The first-order valence-corrected chi connectivity index (χ1v) is 7.12. The maximum Gasteiger partial charge on any atom is 0.442 e. The Kier molecular flexibility index (Phi) is 3.31. The molecule has 0 aromatic carbocycles. The van der Waals surface area contributed by atoms with Crippen molar-refractivity contribution in [3.63, 3.8) is 0 Å². The zero-order chi connectivity index (χ0) is 13.2. The summed E-state index contributed by atoms with van der Waals surface area (Å²) in [5, 5.41) is 5.77. The number of halogens is 1. The largest absolute Gasteiger partial charge is 0.442 e. The summed E-state index contributed by atoms with van der Waals surface area (Å²) < 4.78 is 7.23. The Bertz CT molecular complexity index is 748. The highest BCUT2D eigenvalue weighted by atomic mass is 79.9. The molecule has 5 nitrogen and oxygen atoms in total. The molecule has 3 heterocycles. The van der Waals surface area contributed by atoms with E-state index in [1.54, 1.807) is 23.6 Å². The molecule has 7 heteroatoms. The Labute approximate surface area is 120 Å². The molecular weight excluding hydrogens is 330 g/mol. The summed E-state index contributed by atoms with van der Waals surface area (Å²) in [5.41, 5.74) is 1.63. The van der Waals surface area contributed by atoms with Crippen LogP contribution < -0.4 is 5.76 Å². The quantitative estimate of drug-likeness (QED) is 0.737. The van der Waals surface area contributed by atoms with Crippen LogP contribution in [0.2, 0.25) is 0 Å². The van der Waals surface area contributed by atoms with Gasteiger partial charge in [-0.3, -0.25) is 14.1 Å². The van der Waals surface area contributed by atoms with Crippen molar-refractivity contribution in [1.29, 1.82) is 0 Å². The average molecular weight is 338 g/mol. The zero-order valence-electron chi connectivity index (χ0n) is 9.62. The molecule has 3 aromatic rings. The second-order valence-electron chi connectivity index (χ2n) is 3.83. The number of thiophene rings is 1. The lowest BCUT2D eigenvalue weighted by atomic mass is 10.3. The van der Waals surface area contributed by atoms with E-state index in [9.17, 15) is 4.79 Å². The van der Waals surface area contributed by atoms with E-state index < -0.39 is 5.76 Å². The van der Waals surface area contributed by atoms with Gasteiger partial charge < -0.3 is 0 Å². The van der Waals surface area contributed by atoms with Gasteiger partial charge in [0, 0.05) is 6.20 Å². The van der Waals surface area contributed by atoms with Crippen molar-refractivity contribution in [2.45, 2.75) is 6.54 Å². The van der Waals surface area contributed by atoms with E-state index in [0.717, 1.165) is 9.35 Å². The molecule has 0 saturated heterocycles. The lowest BCUT2D eigenvalue weighted by Crippen LogP contribution is -2.16. The number of hydrogen-bond donors (Lipinski definition) is 0. The Morgan fingerprint density at radius 1 is 1.42 bits per heavy atom. The topological polar surface area (TPSA) is 60.9 Å². The third-order valence-corrected chi connectivity index (χ3v) is 4.10. The number of rotatable bonds is 3. The van der Waals surface area contributed by atoms with Crippen LogP contribution in [0.3, 0.4) is 0 Å². The van der Waals surface area contributed by atoms with Crippen LogP contribution >= 0.6 is 27.3 Å². The molecule has 0 N–H and O–H groups in total. The molecule has 0 unspecified atom stereocenters. The van der Waals surface area contributed by atoms with E-state index in [2.05, 4.69) is 26.1 Å². The minimum absolute atomic E-state index is 0.413. The fourth-order valence-electron chi connectivity index (χ4n) is 1.70. The highest BCUT2D eigenvalue weighted by Gasteiger charge is 2.14. The lowest BCUT2D eigenvalue weighted by molar-refractivity contribution is 0.378. The Morgan fingerprint density at radius 2 is 2.32 bits per heavy atom. The highest BCUT2D eigenvalue weighted by Crippen LogP contribution is 2.22. The summed E-state index contributed by atoms with van der Waals surface area (Å²) in [5.74, 6) is -0.0455. The molecule has 3 aromatic heterocycles. The lowest BCUT2D eigenvalue weighted by Gasteiger charge is -2.01. The molecule has 0 radical (unpaired) electrons. The molecule has 0 bridgehead atoms. The van der Waals surface area contributed by atoms with E-state index in [1.165, 1.54) is 4.57 Å². The normalized spacial score (nSPS) is 10.8. The molecule has 0 aliphatic heterocycles. The second kappa shape index (κ2) is 5.10. The third-order valence-electron chi connectivity index (χ3n) is 2.54. The molecule has 19 heavy (non-hydrogen) atoms. The van der Waals surface area contributed by atoms with E-state index >= 15 is 0 Å². The van der Waals surface area contributed by atoms with Crippen LogP contribution in [0.4, 0.5) is 0 Å². The molecular formula is C12H8BrN3O2S. The van der Waals surface area contributed by atoms with Crippen LogP contribution in [0.1, 0.15) is 5.56 Å². The Morgan fingerprint density at radius 3 is 3.00 bits per heavy atom. The van der Waals surface area contributed by atoms with Crippen molar-refractivity contribution < 1.29 is 4.52 Å². The summed E-state index contributed by atoms with van der Waals surface area (Å²) in [6.07, 6.45) is 1.65. The molecule has 0 saturated carbocycles. The van der Waals surface area contributed by atoms with Gasteiger partial charge in [0.25, 0.3) is 0 Å². The fourth-order valence-corrected chi connectivity index (χ4v) is 2.90. The maximum atomic E-state index is 11.7. The molecule has 0 spiro atoms. The van der Waals surface area contributed by atoms with Crippen LogP contribution in [0.15, 0.2) is 48.9 Å². The third kappa shape index (κ3) is 2.52. The zero-order valence-corrected chi connectivity index (χ0v) is 12.0. The van der Waals surface area contributed by atoms with E-state index in [1.807, 2.05) is 23.6 Å². The van der Waals surface area contributed by atoms with Crippen molar-refractivity contribution in [3.8, 4) is 11.5 Å². The van der Waals surface area contributed by atoms with Gasteiger partial charge in [-0.2, -0.15) is 0 Å². The predicted octanol–water partition coefficient (Wildman–Crippen LogP) is 2.77. The Hall–Kier alpha value is -1.73. The number of aromatic nitrogens is 3. The summed E-state index contributed by atoms with van der Waals surface area (Å²) in [6, 6.07) is 7.40. The first-order chi connectivity index (χ1) is 9.24. The average Bonchev–Trinajstić information content (AvgIpc) is 2.99. The van der Waals surface area contributed by atoms with E-state index in [-0.39, 0.29) is 0 Å². The van der Waals surface area contributed by atoms with Crippen LogP contribution in [0, 0.1) is 0 Å². The fraction of sp³-hybridized carbons (Fsp3) is 0.0833. The first kappa shape index (κ1) is 12.3. The van der Waals surface area contributed by atoms with Gasteiger partial charge in [-0.1, -0.05) is 11.2 Å². The van der Waals surface area contributed by atoms with Crippen molar-refractivity contribution in [1.82, 2.24) is 14.7 Å². The standard InChI is InChI=1S/C12H8BrN3O2S/c13-10-5-8(7-19-10)6-16-11(15-18-12(16)17)9-3-1-2-4-14-9/h1-5,7H,6H2. The minimum atomic E-state index is -0.483. The minimum Gasteiger partial charge on any atom is -0.295 e. The van der Waals surface area contributed by atoms with Crippen LogP contribution in [-0.2, 0) is 6.54 Å². The smallest absolute Gasteiger partial charge is 0.295 e. The van der Waals surface area contributed by atoms with Crippen LogP contribution in [0.5, 0.6) is 0 Å². The van der Waals surface area contributed by atoms with Crippen LogP contribution in [0.25, 0.3) is 11.5 Å². The molecule has 0 amide bonds. The molecule has 3 rings (SSSR count). The SMILES string of the molecule is O=c1onc(-c2ccccn2)n1Cc1csc(Br)c1. The number of hydrogen-bond acceptors (Lipinski definition) is 5. The summed E-state index contributed by atoms with van der Waals surface area (Å²) in [6.45, 7) is 0.413. The van der Waals surface area contributed by atoms with E-state index in [0.29, 0.717) is 18.1 Å². The van der Waals surface area contributed by atoms with Crippen molar-refractivity contribution in [2.24, 2.45) is 0 Å². The van der Waals surface area contributed by atoms with Gasteiger partial charge in [-0.15, -0.1) is 11.3 Å².